The second-order valence-corrected chi connectivity index (χ2v) is 4.45. The lowest BCUT2D eigenvalue weighted by Gasteiger charge is -2.07. The average Bonchev–Trinajstić information content (AvgIpc) is 2.23. The molecule has 0 saturated heterocycles. The van der Waals surface area contributed by atoms with Gasteiger partial charge in [-0.15, -0.1) is 0 Å². The highest BCUT2D eigenvalue weighted by atomic mass is 35.5. The number of aryl methyl sites for hydroxylation is 2. The first-order valence-electron chi connectivity index (χ1n) is 5.56. The lowest BCUT2D eigenvalue weighted by molar-refractivity contribution is 0.158. The first-order chi connectivity index (χ1) is 7.13. The second-order valence-electron chi connectivity index (χ2n) is 4.04. The van der Waals surface area contributed by atoms with Crippen LogP contribution in [0.2, 0.25) is 5.02 Å². The quantitative estimate of drug-likeness (QED) is 0.811. The van der Waals surface area contributed by atoms with Crippen molar-refractivity contribution in [2.24, 2.45) is 0 Å². The third-order valence-corrected chi connectivity index (χ3v) is 3.12. The number of hydrogen-bond acceptors (Lipinski definition) is 1. The van der Waals surface area contributed by atoms with Crippen LogP contribution in [0.4, 0.5) is 0 Å². The molecule has 0 fully saturated rings. The van der Waals surface area contributed by atoms with Crippen LogP contribution < -0.4 is 0 Å². The SMILES string of the molecule is CCC(O)CCCc1ccc(Cl)c(C)c1. The van der Waals surface area contributed by atoms with Crippen LogP contribution >= 0.6 is 11.6 Å². The van der Waals surface area contributed by atoms with Gasteiger partial charge < -0.3 is 5.11 Å². The van der Waals surface area contributed by atoms with Gasteiger partial charge in [0.1, 0.15) is 0 Å². The van der Waals surface area contributed by atoms with E-state index < -0.39 is 0 Å². The molecule has 0 saturated carbocycles. The largest absolute Gasteiger partial charge is 0.393 e. The number of aliphatic hydroxyl groups is 1. The van der Waals surface area contributed by atoms with E-state index in [2.05, 4.69) is 12.1 Å². The molecule has 1 rings (SSSR count). The van der Waals surface area contributed by atoms with Crippen molar-refractivity contribution < 1.29 is 5.11 Å². The summed E-state index contributed by atoms with van der Waals surface area (Å²) in [5, 5.41) is 10.2. The first kappa shape index (κ1) is 12.5. The van der Waals surface area contributed by atoms with Crippen molar-refractivity contribution in [1.82, 2.24) is 0 Å². The molecule has 84 valence electrons. The summed E-state index contributed by atoms with van der Waals surface area (Å²) in [5.74, 6) is 0. The van der Waals surface area contributed by atoms with Gasteiger partial charge in [-0.25, -0.2) is 0 Å². The van der Waals surface area contributed by atoms with Crippen LogP contribution in [0.1, 0.15) is 37.3 Å². The minimum Gasteiger partial charge on any atom is -0.393 e. The molecule has 0 aliphatic rings. The van der Waals surface area contributed by atoms with Gasteiger partial charge in [-0.2, -0.15) is 0 Å². The van der Waals surface area contributed by atoms with Crippen molar-refractivity contribution in [1.29, 1.82) is 0 Å². The Morgan fingerprint density at radius 3 is 2.73 bits per heavy atom. The molecule has 0 radical (unpaired) electrons. The Morgan fingerprint density at radius 2 is 2.13 bits per heavy atom. The van der Waals surface area contributed by atoms with Gasteiger partial charge in [0.05, 0.1) is 6.10 Å². The summed E-state index contributed by atoms with van der Waals surface area (Å²) < 4.78 is 0. The summed E-state index contributed by atoms with van der Waals surface area (Å²) >= 11 is 5.95. The molecule has 0 aromatic heterocycles. The topological polar surface area (TPSA) is 20.2 Å². The number of rotatable bonds is 5. The van der Waals surface area contributed by atoms with Crippen LogP contribution in [-0.4, -0.2) is 11.2 Å². The van der Waals surface area contributed by atoms with Gasteiger partial charge in [0.25, 0.3) is 0 Å². The highest BCUT2D eigenvalue weighted by Gasteiger charge is 2.02. The standard InChI is InChI=1S/C13H19ClO/c1-3-12(15)6-4-5-11-7-8-13(14)10(2)9-11/h7-9,12,15H,3-6H2,1-2H3. The van der Waals surface area contributed by atoms with Gasteiger partial charge in [-0.3, -0.25) is 0 Å². The van der Waals surface area contributed by atoms with Crippen molar-refractivity contribution >= 4 is 11.6 Å². The Labute approximate surface area is 97.1 Å². The zero-order valence-corrected chi connectivity index (χ0v) is 10.2. The lowest BCUT2D eigenvalue weighted by Crippen LogP contribution is -2.04. The number of aliphatic hydroxyl groups excluding tert-OH is 1. The molecule has 1 N–H and O–H groups in total. The Hall–Kier alpha value is -0.530. The maximum Gasteiger partial charge on any atom is 0.0537 e. The molecule has 0 aliphatic heterocycles. The monoisotopic (exact) mass is 226 g/mol. The van der Waals surface area contributed by atoms with Gasteiger partial charge in [0.15, 0.2) is 0 Å². The highest BCUT2D eigenvalue weighted by molar-refractivity contribution is 6.31. The van der Waals surface area contributed by atoms with E-state index in [0.717, 1.165) is 36.3 Å². The fourth-order valence-corrected chi connectivity index (χ4v) is 1.73. The van der Waals surface area contributed by atoms with E-state index in [9.17, 15) is 5.11 Å². The van der Waals surface area contributed by atoms with Crippen LogP contribution in [0.3, 0.4) is 0 Å². The molecule has 0 amide bonds. The Morgan fingerprint density at radius 1 is 1.40 bits per heavy atom. The van der Waals surface area contributed by atoms with Gasteiger partial charge in [-0.1, -0.05) is 30.7 Å². The predicted octanol–water partition coefficient (Wildman–Crippen LogP) is 3.74. The van der Waals surface area contributed by atoms with Gasteiger partial charge in [0, 0.05) is 5.02 Å². The molecule has 0 bridgehead atoms. The zero-order valence-electron chi connectivity index (χ0n) is 9.46. The third kappa shape index (κ3) is 4.23. The van der Waals surface area contributed by atoms with E-state index in [-0.39, 0.29) is 6.10 Å². The molecule has 1 nitrogen and oxygen atoms in total. The van der Waals surface area contributed by atoms with Gasteiger partial charge in [-0.05, 0) is 49.8 Å². The van der Waals surface area contributed by atoms with E-state index >= 15 is 0 Å². The van der Waals surface area contributed by atoms with Crippen molar-refractivity contribution in [3.63, 3.8) is 0 Å². The smallest absolute Gasteiger partial charge is 0.0537 e. The van der Waals surface area contributed by atoms with Crippen LogP contribution in [0.25, 0.3) is 0 Å². The maximum atomic E-state index is 9.41. The van der Waals surface area contributed by atoms with Crippen molar-refractivity contribution in [2.45, 2.75) is 45.6 Å². The molecular weight excluding hydrogens is 208 g/mol. The van der Waals surface area contributed by atoms with Crippen LogP contribution in [-0.2, 0) is 6.42 Å². The zero-order chi connectivity index (χ0) is 11.3. The minimum absolute atomic E-state index is 0.140. The molecule has 1 aromatic rings. The Bertz CT molecular complexity index is 309. The van der Waals surface area contributed by atoms with E-state index in [4.69, 9.17) is 11.6 Å². The molecule has 1 unspecified atom stereocenters. The molecule has 15 heavy (non-hydrogen) atoms. The third-order valence-electron chi connectivity index (χ3n) is 2.70. The van der Waals surface area contributed by atoms with Crippen molar-refractivity contribution in [3.05, 3.63) is 34.3 Å². The summed E-state index contributed by atoms with van der Waals surface area (Å²) in [6, 6.07) is 6.14. The van der Waals surface area contributed by atoms with E-state index in [0.29, 0.717) is 0 Å². The maximum absolute atomic E-state index is 9.41. The van der Waals surface area contributed by atoms with E-state index in [1.54, 1.807) is 0 Å². The Kier molecular flexibility index (Phi) is 5.13. The number of hydrogen-bond donors (Lipinski definition) is 1. The fourth-order valence-electron chi connectivity index (χ4n) is 1.61. The highest BCUT2D eigenvalue weighted by Crippen LogP contribution is 2.17. The minimum atomic E-state index is -0.140. The summed E-state index contributed by atoms with van der Waals surface area (Å²) in [6.07, 6.45) is 3.65. The summed E-state index contributed by atoms with van der Waals surface area (Å²) in [5.41, 5.74) is 2.44. The van der Waals surface area contributed by atoms with Gasteiger partial charge >= 0.3 is 0 Å². The molecule has 1 aromatic carbocycles. The Balaban J connectivity index is 2.41. The number of halogens is 1. The first-order valence-corrected chi connectivity index (χ1v) is 5.94. The van der Waals surface area contributed by atoms with Crippen LogP contribution in [0.5, 0.6) is 0 Å². The van der Waals surface area contributed by atoms with Crippen molar-refractivity contribution in [2.75, 3.05) is 0 Å². The molecule has 1 atom stereocenters. The van der Waals surface area contributed by atoms with E-state index in [1.165, 1.54) is 5.56 Å². The lowest BCUT2D eigenvalue weighted by atomic mass is 10.0. The molecule has 0 spiro atoms. The summed E-state index contributed by atoms with van der Waals surface area (Å²) in [7, 11) is 0. The van der Waals surface area contributed by atoms with Crippen molar-refractivity contribution in [3.8, 4) is 0 Å². The average molecular weight is 227 g/mol. The molecule has 0 heterocycles. The summed E-state index contributed by atoms with van der Waals surface area (Å²) in [6.45, 7) is 4.03. The summed E-state index contributed by atoms with van der Waals surface area (Å²) in [4.78, 5) is 0. The van der Waals surface area contributed by atoms with Gasteiger partial charge in [0.2, 0.25) is 0 Å². The van der Waals surface area contributed by atoms with Crippen LogP contribution in [0, 0.1) is 6.92 Å². The second kappa shape index (κ2) is 6.14. The molecular formula is C13H19ClO. The van der Waals surface area contributed by atoms with E-state index in [1.807, 2.05) is 19.9 Å². The van der Waals surface area contributed by atoms with Crippen LogP contribution in [0.15, 0.2) is 18.2 Å². The predicted molar refractivity (Wildman–Crippen MR) is 65.4 cm³/mol. The fraction of sp³-hybridized carbons (Fsp3) is 0.538. The number of benzene rings is 1. The normalized spacial score (nSPS) is 12.8. The molecule has 0 aliphatic carbocycles. The molecule has 2 heteroatoms.